The molecule has 2 rings (SSSR count). The van der Waals surface area contributed by atoms with Crippen LogP contribution in [0.4, 0.5) is 0 Å². The molecule has 0 atom stereocenters. The van der Waals surface area contributed by atoms with Crippen molar-refractivity contribution in [2.75, 3.05) is 6.61 Å². The lowest BCUT2D eigenvalue weighted by Crippen LogP contribution is -2.04. The van der Waals surface area contributed by atoms with Gasteiger partial charge in [-0.3, -0.25) is 0 Å². The summed E-state index contributed by atoms with van der Waals surface area (Å²) in [6.07, 6.45) is 5.26. The number of hydrogen-bond acceptors (Lipinski definition) is 3. The minimum absolute atomic E-state index is 0.292. The first-order chi connectivity index (χ1) is 7.81. The van der Waals surface area contributed by atoms with Crippen LogP contribution in [0.25, 0.3) is 5.69 Å². The first-order valence-electron chi connectivity index (χ1n) is 5.07. The molecule has 0 amide bonds. The van der Waals surface area contributed by atoms with Crippen LogP contribution in [0.1, 0.15) is 17.3 Å². The average Bonchev–Trinajstić information content (AvgIpc) is 2.83. The summed E-state index contributed by atoms with van der Waals surface area (Å²) >= 11 is 0. The third-order valence-electron chi connectivity index (χ3n) is 2.18. The lowest BCUT2D eigenvalue weighted by molar-refractivity contribution is 0.0526. The van der Waals surface area contributed by atoms with E-state index in [-0.39, 0.29) is 5.97 Å². The number of carbonyl (C=O) groups excluding carboxylic acids is 1. The van der Waals surface area contributed by atoms with Gasteiger partial charge in [-0.15, -0.1) is 0 Å². The van der Waals surface area contributed by atoms with E-state index in [2.05, 4.69) is 4.98 Å². The topological polar surface area (TPSA) is 44.1 Å². The summed E-state index contributed by atoms with van der Waals surface area (Å²) in [7, 11) is 0. The molecule has 4 nitrogen and oxygen atoms in total. The molecule has 1 heterocycles. The molecule has 16 heavy (non-hydrogen) atoms. The van der Waals surface area contributed by atoms with Crippen LogP contribution in [-0.2, 0) is 4.74 Å². The molecule has 82 valence electrons. The number of benzene rings is 1. The minimum Gasteiger partial charge on any atom is -0.462 e. The normalized spacial score (nSPS) is 10.1. The Kier molecular flexibility index (Phi) is 3.00. The fourth-order valence-corrected chi connectivity index (χ4v) is 1.40. The van der Waals surface area contributed by atoms with Gasteiger partial charge in [-0.25, -0.2) is 9.78 Å². The van der Waals surface area contributed by atoms with Gasteiger partial charge in [0.15, 0.2) is 0 Å². The Balaban J connectivity index is 2.20. The third kappa shape index (κ3) is 2.11. The summed E-state index contributed by atoms with van der Waals surface area (Å²) in [5, 5.41) is 0. The van der Waals surface area contributed by atoms with E-state index in [1.165, 1.54) is 0 Å². The average molecular weight is 216 g/mol. The number of nitrogens with zero attached hydrogens (tertiary/aromatic N) is 2. The molecule has 4 heteroatoms. The predicted octanol–water partition coefficient (Wildman–Crippen LogP) is 2.05. The smallest absolute Gasteiger partial charge is 0.338 e. The highest BCUT2D eigenvalue weighted by Crippen LogP contribution is 2.10. The van der Waals surface area contributed by atoms with Gasteiger partial charge in [-0.1, -0.05) is 0 Å². The molecule has 0 spiro atoms. The largest absolute Gasteiger partial charge is 0.462 e. The second-order valence-corrected chi connectivity index (χ2v) is 3.24. The van der Waals surface area contributed by atoms with Gasteiger partial charge in [0.2, 0.25) is 0 Å². The van der Waals surface area contributed by atoms with Crippen molar-refractivity contribution >= 4 is 5.97 Å². The maximum atomic E-state index is 11.4. The number of rotatable bonds is 3. The number of carbonyl (C=O) groups is 1. The molecule has 0 bridgehead atoms. The van der Waals surface area contributed by atoms with E-state index in [1.807, 2.05) is 22.9 Å². The van der Waals surface area contributed by atoms with Crippen molar-refractivity contribution in [3.05, 3.63) is 48.5 Å². The second-order valence-electron chi connectivity index (χ2n) is 3.24. The van der Waals surface area contributed by atoms with Gasteiger partial charge in [-0.05, 0) is 31.2 Å². The van der Waals surface area contributed by atoms with Gasteiger partial charge < -0.3 is 9.30 Å². The number of esters is 1. The minimum atomic E-state index is -0.292. The second kappa shape index (κ2) is 4.61. The standard InChI is InChI=1S/C12H12N2O2/c1-2-16-12(15)10-3-5-11(6-4-10)14-8-7-13-9-14/h3-9H,2H2,1H3. The van der Waals surface area contributed by atoms with Crippen LogP contribution < -0.4 is 0 Å². The Morgan fingerprint density at radius 1 is 1.38 bits per heavy atom. The Morgan fingerprint density at radius 3 is 2.69 bits per heavy atom. The Morgan fingerprint density at radius 2 is 2.12 bits per heavy atom. The molecule has 0 N–H and O–H groups in total. The number of hydrogen-bond donors (Lipinski definition) is 0. The molecule has 1 aromatic heterocycles. The van der Waals surface area contributed by atoms with Crippen molar-refractivity contribution < 1.29 is 9.53 Å². The Hall–Kier alpha value is -2.10. The van der Waals surface area contributed by atoms with Gasteiger partial charge in [0, 0.05) is 18.1 Å². The lowest BCUT2D eigenvalue weighted by Gasteiger charge is -2.04. The molecule has 0 radical (unpaired) electrons. The Bertz CT molecular complexity index is 460. The van der Waals surface area contributed by atoms with E-state index in [0.29, 0.717) is 12.2 Å². The molecule has 0 unspecified atom stereocenters. The van der Waals surface area contributed by atoms with Crippen molar-refractivity contribution in [3.8, 4) is 5.69 Å². The first kappa shape index (κ1) is 10.4. The quantitative estimate of drug-likeness (QED) is 0.737. The van der Waals surface area contributed by atoms with E-state index in [4.69, 9.17) is 4.74 Å². The van der Waals surface area contributed by atoms with E-state index in [1.54, 1.807) is 31.6 Å². The van der Waals surface area contributed by atoms with Crippen LogP contribution >= 0.6 is 0 Å². The molecule has 0 aliphatic rings. The van der Waals surface area contributed by atoms with Crippen molar-refractivity contribution in [2.24, 2.45) is 0 Å². The molecular weight excluding hydrogens is 204 g/mol. The van der Waals surface area contributed by atoms with Crippen molar-refractivity contribution in [1.82, 2.24) is 9.55 Å². The van der Waals surface area contributed by atoms with E-state index < -0.39 is 0 Å². The molecule has 1 aromatic carbocycles. The summed E-state index contributed by atoms with van der Waals surface area (Å²) in [6, 6.07) is 7.20. The van der Waals surface area contributed by atoms with Gasteiger partial charge in [0.05, 0.1) is 18.5 Å². The molecule has 2 aromatic rings. The molecule has 0 fully saturated rings. The van der Waals surface area contributed by atoms with Gasteiger partial charge in [0.1, 0.15) is 0 Å². The van der Waals surface area contributed by atoms with E-state index in [9.17, 15) is 4.79 Å². The summed E-state index contributed by atoms with van der Waals surface area (Å²) in [5.74, 6) is -0.292. The van der Waals surface area contributed by atoms with Crippen LogP contribution in [-0.4, -0.2) is 22.1 Å². The highest BCUT2D eigenvalue weighted by molar-refractivity contribution is 5.89. The summed E-state index contributed by atoms with van der Waals surface area (Å²) in [6.45, 7) is 2.18. The number of aromatic nitrogens is 2. The van der Waals surface area contributed by atoms with Gasteiger partial charge in [-0.2, -0.15) is 0 Å². The fourth-order valence-electron chi connectivity index (χ4n) is 1.40. The fraction of sp³-hybridized carbons (Fsp3) is 0.167. The van der Waals surface area contributed by atoms with Gasteiger partial charge >= 0.3 is 5.97 Å². The third-order valence-corrected chi connectivity index (χ3v) is 2.18. The van der Waals surface area contributed by atoms with Gasteiger partial charge in [0.25, 0.3) is 0 Å². The zero-order chi connectivity index (χ0) is 11.4. The highest BCUT2D eigenvalue weighted by Gasteiger charge is 2.05. The molecule has 0 aliphatic carbocycles. The van der Waals surface area contributed by atoms with Crippen LogP contribution in [0.5, 0.6) is 0 Å². The van der Waals surface area contributed by atoms with Crippen LogP contribution in [0.15, 0.2) is 43.0 Å². The molecule has 0 saturated carbocycles. The monoisotopic (exact) mass is 216 g/mol. The number of imidazole rings is 1. The molecule has 0 saturated heterocycles. The highest BCUT2D eigenvalue weighted by atomic mass is 16.5. The number of ether oxygens (including phenoxy) is 1. The van der Waals surface area contributed by atoms with E-state index >= 15 is 0 Å². The maximum absolute atomic E-state index is 11.4. The molecule has 0 aliphatic heterocycles. The van der Waals surface area contributed by atoms with Crippen molar-refractivity contribution in [1.29, 1.82) is 0 Å². The van der Waals surface area contributed by atoms with Crippen LogP contribution in [0.2, 0.25) is 0 Å². The van der Waals surface area contributed by atoms with Crippen LogP contribution in [0, 0.1) is 0 Å². The zero-order valence-electron chi connectivity index (χ0n) is 8.96. The van der Waals surface area contributed by atoms with Crippen molar-refractivity contribution in [3.63, 3.8) is 0 Å². The Labute approximate surface area is 93.5 Å². The predicted molar refractivity (Wildman–Crippen MR) is 59.5 cm³/mol. The summed E-state index contributed by atoms with van der Waals surface area (Å²) in [5.41, 5.74) is 1.52. The van der Waals surface area contributed by atoms with E-state index in [0.717, 1.165) is 5.69 Å². The SMILES string of the molecule is CCOC(=O)c1ccc(-n2ccnc2)cc1. The first-order valence-corrected chi connectivity index (χ1v) is 5.07. The maximum Gasteiger partial charge on any atom is 0.338 e. The summed E-state index contributed by atoms with van der Waals surface area (Å²) < 4.78 is 6.77. The summed E-state index contributed by atoms with van der Waals surface area (Å²) in [4.78, 5) is 15.4. The lowest BCUT2D eigenvalue weighted by atomic mass is 10.2. The zero-order valence-corrected chi connectivity index (χ0v) is 8.96. The van der Waals surface area contributed by atoms with Crippen LogP contribution in [0.3, 0.4) is 0 Å². The van der Waals surface area contributed by atoms with Crippen molar-refractivity contribution in [2.45, 2.75) is 6.92 Å². The molecular formula is C12H12N2O2.